The van der Waals surface area contributed by atoms with Crippen molar-refractivity contribution in [3.63, 3.8) is 0 Å². The predicted molar refractivity (Wildman–Crippen MR) is 119 cm³/mol. The highest BCUT2D eigenvalue weighted by Gasteiger charge is 2.34. The standard InChI is InChI=1S/C22H28N4O4S/c1-16(21(23)28)26(20-14-31-15-24-20)22(29)18(11-17-5-3-2-4-6-17)12-19(27)13-25-7-9-30-10-8-25/h2-6,14-16,18H,7-13H2,1H3,(H2,23,28)/t16-,18?/m1/s1. The molecule has 0 spiro atoms. The van der Waals surface area contributed by atoms with Gasteiger partial charge >= 0.3 is 0 Å². The molecule has 166 valence electrons. The average Bonchev–Trinajstić information content (AvgIpc) is 3.29. The fraction of sp³-hybridized carbons (Fsp3) is 0.455. The Hall–Kier alpha value is -2.62. The van der Waals surface area contributed by atoms with Crippen molar-refractivity contribution in [2.24, 2.45) is 11.7 Å². The van der Waals surface area contributed by atoms with Gasteiger partial charge in [-0.2, -0.15) is 0 Å². The molecule has 9 heteroatoms. The summed E-state index contributed by atoms with van der Waals surface area (Å²) in [6.07, 6.45) is 0.470. The topological polar surface area (TPSA) is 106 Å². The minimum Gasteiger partial charge on any atom is -0.379 e. The first-order valence-corrected chi connectivity index (χ1v) is 11.3. The fourth-order valence-corrected chi connectivity index (χ4v) is 4.17. The number of anilines is 1. The van der Waals surface area contributed by atoms with Gasteiger partial charge in [-0.15, -0.1) is 11.3 Å². The number of amides is 2. The molecule has 1 aromatic carbocycles. The van der Waals surface area contributed by atoms with Gasteiger partial charge < -0.3 is 10.5 Å². The minimum atomic E-state index is -0.873. The van der Waals surface area contributed by atoms with E-state index in [0.717, 1.165) is 5.56 Å². The van der Waals surface area contributed by atoms with Gasteiger partial charge in [0.2, 0.25) is 11.8 Å². The van der Waals surface area contributed by atoms with Crippen molar-refractivity contribution in [1.82, 2.24) is 9.88 Å². The molecule has 2 N–H and O–H groups in total. The van der Waals surface area contributed by atoms with Crippen LogP contribution in [0.25, 0.3) is 0 Å². The molecular formula is C22H28N4O4S. The van der Waals surface area contributed by atoms with Gasteiger partial charge in [-0.3, -0.25) is 24.2 Å². The number of hydrogen-bond acceptors (Lipinski definition) is 7. The molecule has 1 aliphatic rings. The number of primary amides is 1. The number of rotatable bonds is 10. The van der Waals surface area contributed by atoms with E-state index in [1.165, 1.54) is 16.2 Å². The monoisotopic (exact) mass is 444 g/mol. The first-order valence-electron chi connectivity index (χ1n) is 10.3. The van der Waals surface area contributed by atoms with Gasteiger partial charge in [0.15, 0.2) is 0 Å². The molecule has 31 heavy (non-hydrogen) atoms. The second kappa shape index (κ2) is 11.1. The van der Waals surface area contributed by atoms with E-state index in [1.54, 1.807) is 17.8 Å². The van der Waals surface area contributed by atoms with E-state index in [0.29, 0.717) is 38.5 Å². The minimum absolute atomic E-state index is 0.0128. The third-order valence-corrected chi connectivity index (χ3v) is 5.93. The van der Waals surface area contributed by atoms with Gasteiger partial charge in [0.05, 0.1) is 25.3 Å². The van der Waals surface area contributed by atoms with Crippen LogP contribution in [0.4, 0.5) is 5.82 Å². The first-order chi connectivity index (χ1) is 15.0. The molecule has 1 fully saturated rings. The molecule has 3 rings (SSSR count). The zero-order valence-corrected chi connectivity index (χ0v) is 18.4. The molecule has 2 aromatic rings. The maximum absolute atomic E-state index is 13.6. The Morgan fingerprint density at radius 1 is 1.23 bits per heavy atom. The fourth-order valence-electron chi connectivity index (χ4n) is 3.64. The smallest absolute Gasteiger partial charge is 0.240 e. The zero-order valence-electron chi connectivity index (χ0n) is 17.6. The molecule has 8 nitrogen and oxygen atoms in total. The normalized spacial score (nSPS) is 16.4. The molecule has 2 heterocycles. The number of carbonyl (C=O) groups excluding carboxylic acids is 3. The largest absolute Gasteiger partial charge is 0.379 e. The van der Waals surface area contributed by atoms with Crippen molar-refractivity contribution in [1.29, 1.82) is 0 Å². The number of hydrogen-bond donors (Lipinski definition) is 1. The second-order valence-corrected chi connectivity index (χ2v) is 8.37. The van der Waals surface area contributed by atoms with E-state index in [9.17, 15) is 14.4 Å². The Morgan fingerprint density at radius 3 is 2.55 bits per heavy atom. The molecule has 0 bridgehead atoms. The van der Waals surface area contributed by atoms with Crippen molar-refractivity contribution in [3.05, 3.63) is 46.8 Å². The Balaban J connectivity index is 1.81. The average molecular weight is 445 g/mol. The summed E-state index contributed by atoms with van der Waals surface area (Å²) in [7, 11) is 0. The highest BCUT2D eigenvalue weighted by atomic mass is 32.1. The quantitative estimate of drug-likeness (QED) is 0.595. The number of Topliss-reactive ketones (excluding diaryl/α,β-unsaturated/α-hetero) is 1. The molecule has 0 saturated carbocycles. The molecular weight excluding hydrogens is 416 g/mol. The Morgan fingerprint density at radius 2 is 1.94 bits per heavy atom. The van der Waals surface area contributed by atoms with Gasteiger partial charge in [0.1, 0.15) is 17.6 Å². The van der Waals surface area contributed by atoms with Crippen molar-refractivity contribution < 1.29 is 19.1 Å². The van der Waals surface area contributed by atoms with Crippen LogP contribution in [-0.4, -0.2) is 66.4 Å². The van der Waals surface area contributed by atoms with Crippen LogP contribution in [-0.2, 0) is 25.5 Å². The number of ether oxygens (including phenoxy) is 1. The third-order valence-electron chi connectivity index (χ3n) is 5.35. The van der Waals surface area contributed by atoms with E-state index in [1.807, 2.05) is 35.2 Å². The maximum Gasteiger partial charge on any atom is 0.240 e. The van der Waals surface area contributed by atoms with Crippen LogP contribution in [0.3, 0.4) is 0 Å². The third kappa shape index (κ3) is 6.43. The van der Waals surface area contributed by atoms with Crippen LogP contribution in [0, 0.1) is 5.92 Å². The van der Waals surface area contributed by atoms with Gasteiger partial charge in [-0.1, -0.05) is 30.3 Å². The molecule has 1 saturated heterocycles. The summed E-state index contributed by atoms with van der Waals surface area (Å²) in [5.41, 5.74) is 8.06. The molecule has 0 aliphatic carbocycles. The summed E-state index contributed by atoms with van der Waals surface area (Å²) in [6.45, 7) is 4.47. The number of aromatic nitrogens is 1. The molecule has 1 aromatic heterocycles. The van der Waals surface area contributed by atoms with Gasteiger partial charge in [-0.25, -0.2) is 4.98 Å². The summed E-state index contributed by atoms with van der Waals surface area (Å²) < 4.78 is 5.34. The Kier molecular flexibility index (Phi) is 8.27. The summed E-state index contributed by atoms with van der Waals surface area (Å²) >= 11 is 1.32. The highest BCUT2D eigenvalue weighted by molar-refractivity contribution is 7.07. The number of carbonyl (C=O) groups is 3. The van der Waals surface area contributed by atoms with Crippen LogP contribution >= 0.6 is 11.3 Å². The number of morpholine rings is 1. The first kappa shape index (κ1) is 23.1. The van der Waals surface area contributed by atoms with Crippen LogP contribution in [0.2, 0.25) is 0 Å². The van der Waals surface area contributed by atoms with Crippen molar-refractivity contribution in [2.45, 2.75) is 25.8 Å². The number of nitrogens with zero attached hydrogens (tertiary/aromatic N) is 3. The highest BCUT2D eigenvalue weighted by Crippen LogP contribution is 2.24. The predicted octanol–water partition coefficient (Wildman–Crippen LogP) is 1.50. The number of nitrogens with two attached hydrogens (primary N) is 1. The van der Waals surface area contributed by atoms with Crippen LogP contribution < -0.4 is 10.6 Å². The molecule has 1 aliphatic heterocycles. The lowest BCUT2D eigenvalue weighted by Crippen LogP contribution is -2.50. The Bertz CT molecular complexity index is 869. The van der Waals surface area contributed by atoms with Crippen molar-refractivity contribution in [2.75, 3.05) is 37.7 Å². The van der Waals surface area contributed by atoms with E-state index in [2.05, 4.69) is 4.98 Å². The number of thiazole rings is 1. The molecule has 1 unspecified atom stereocenters. The van der Waals surface area contributed by atoms with E-state index in [4.69, 9.17) is 10.5 Å². The lowest BCUT2D eigenvalue weighted by molar-refractivity contribution is -0.130. The summed E-state index contributed by atoms with van der Waals surface area (Å²) in [4.78, 5) is 46.0. The molecule has 2 amide bonds. The second-order valence-electron chi connectivity index (χ2n) is 7.65. The van der Waals surface area contributed by atoms with Crippen LogP contribution in [0.15, 0.2) is 41.2 Å². The van der Waals surface area contributed by atoms with E-state index in [-0.39, 0.29) is 24.7 Å². The Labute approximate surface area is 186 Å². The lowest BCUT2D eigenvalue weighted by Gasteiger charge is -2.30. The maximum atomic E-state index is 13.6. The number of benzene rings is 1. The lowest BCUT2D eigenvalue weighted by atomic mass is 9.92. The summed E-state index contributed by atoms with van der Waals surface area (Å²) in [5, 5.41) is 1.70. The van der Waals surface area contributed by atoms with E-state index >= 15 is 0 Å². The zero-order chi connectivity index (χ0) is 22.2. The van der Waals surface area contributed by atoms with Gasteiger partial charge in [-0.05, 0) is 18.9 Å². The SMILES string of the molecule is C[C@H](C(N)=O)N(C(=O)C(CC(=O)CN1CCOCC1)Cc1ccccc1)c1cscn1. The number of ketones is 1. The molecule has 0 radical (unpaired) electrons. The van der Waals surface area contributed by atoms with Gasteiger partial charge in [0, 0.05) is 30.8 Å². The molecule has 2 atom stereocenters. The van der Waals surface area contributed by atoms with Crippen molar-refractivity contribution >= 4 is 34.8 Å². The summed E-state index contributed by atoms with van der Waals surface area (Å²) in [6, 6.07) is 8.69. The summed E-state index contributed by atoms with van der Waals surface area (Å²) in [5.74, 6) is -1.21. The van der Waals surface area contributed by atoms with E-state index < -0.39 is 17.9 Å². The van der Waals surface area contributed by atoms with Gasteiger partial charge in [0.25, 0.3) is 0 Å². The van der Waals surface area contributed by atoms with Crippen LogP contribution in [0.5, 0.6) is 0 Å². The van der Waals surface area contributed by atoms with Crippen LogP contribution in [0.1, 0.15) is 18.9 Å². The van der Waals surface area contributed by atoms with Crippen molar-refractivity contribution in [3.8, 4) is 0 Å².